The van der Waals surface area contributed by atoms with Gasteiger partial charge in [0.2, 0.25) is 0 Å². The first-order chi connectivity index (χ1) is 5.36. The highest BCUT2D eigenvalue weighted by atomic mass is 15.5. The Kier molecular flexibility index (Phi) is 1.35. The van der Waals surface area contributed by atoms with Gasteiger partial charge in [0.1, 0.15) is 5.82 Å². The minimum atomic E-state index is 0.885. The third-order valence-corrected chi connectivity index (χ3v) is 1.57. The van der Waals surface area contributed by atoms with E-state index in [1.54, 1.807) is 5.01 Å². The fourth-order valence-electron chi connectivity index (χ4n) is 1.05. The number of aliphatic imine (C=N–C) groups is 1. The Morgan fingerprint density at radius 2 is 2.45 bits per heavy atom. The zero-order valence-electron chi connectivity index (χ0n) is 6.36. The van der Waals surface area contributed by atoms with Crippen molar-refractivity contribution in [2.24, 2.45) is 10.1 Å². The predicted octanol–water partition coefficient (Wildman–Crippen LogP) is 1.51. The van der Waals surface area contributed by atoms with E-state index in [-0.39, 0.29) is 0 Å². The molecule has 0 radical (unpaired) electrons. The molecule has 11 heavy (non-hydrogen) atoms. The number of allylic oxidation sites excluding steroid dienone is 2. The average Bonchev–Trinajstić information content (AvgIpc) is 2.04. The highest BCUT2D eigenvalue weighted by Crippen LogP contribution is 2.16. The number of fused-ring (bicyclic) bond motifs is 1. The third-order valence-electron chi connectivity index (χ3n) is 1.57. The second kappa shape index (κ2) is 2.34. The SMILES string of the molecule is CC1=CN2N=CCC=C2N=C1. The molecule has 3 heteroatoms. The van der Waals surface area contributed by atoms with Gasteiger partial charge in [0, 0.05) is 25.0 Å². The van der Waals surface area contributed by atoms with Gasteiger partial charge in [-0.3, -0.25) is 0 Å². The fraction of sp³-hybridized carbons (Fsp3) is 0.250. The van der Waals surface area contributed by atoms with Gasteiger partial charge in [-0.05, 0) is 18.6 Å². The minimum absolute atomic E-state index is 0.885. The topological polar surface area (TPSA) is 28.0 Å². The molecule has 0 aliphatic carbocycles. The molecule has 0 fully saturated rings. The molecule has 56 valence electrons. The van der Waals surface area contributed by atoms with Crippen LogP contribution in [-0.4, -0.2) is 17.4 Å². The maximum atomic E-state index is 4.21. The molecule has 0 aromatic heterocycles. The molecule has 0 aromatic rings. The molecule has 0 unspecified atom stereocenters. The molecule has 2 aliphatic rings. The average molecular weight is 147 g/mol. The van der Waals surface area contributed by atoms with Crippen molar-refractivity contribution in [2.45, 2.75) is 13.3 Å². The van der Waals surface area contributed by atoms with Crippen LogP contribution >= 0.6 is 0 Å². The van der Waals surface area contributed by atoms with Crippen LogP contribution in [0.15, 0.2) is 33.8 Å². The summed E-state index contributed by atoms with van der Waals surface area (Å²) in [6, 6.07) is 0. The lowest BCUT2D eigenvalue weighted by Gasteiger charge is -2.20. The monoisotopic (exact) mass is 147 g/mol. The van der Waals surface area contributed by atoms with Gasteiger partial charge < -0.3 is 0 Å². The first kappa shape index (κ1) is 6.34. The Morgan fingerprint density at radius 1 is 1.55 bits per heavy atom. The summed E-state index contributed by atoms with van der Waals surface area (Å²) in [6.45, 7) is 2.00. The van der Waals surface area contributed by atoms with Gasteiger partial charge in [-0.15, -0.1) is 0 Å². The molecule has 0 atom stereocenters. The number of hydrogen-bond acceptors (Lipinski definition) is 3. The van der Waals surface area contributed by atoms with Crippen LogP contribution in [0.5, 0.6) is 0 Å². The van der Waals surface area contributed by atoms with Crippen LogP contribution in [0.1, 0.15) is 13.3 Å². The van der Waals surface area contributed by atoms with E-state index in [2.05, 4.69) is 10.1 Å². The lowest BCUT2D eigenvalue weighted by atomic mass is 10.3. The Bertz CT molecular complexity index is 284. The molecular formula is C8H9N3. The molecule has 2 heterocycles. The normalized spacial score (nSPS) is 21.0. The molecule has 3 nitrogen and oxygen atoms in total. The third kappa shape index (κ3) is 1.09. The van der Waals surface area contributed by atoms with E-state index >= 15 is 0 Å². The molecule has 2 rings (SSSR count). The van der Waals surface area contributed by atoms with Crippen molar-refractivity contribution < 1.29 is 0 Å². The van der Waals surface area contributed by atoms with Gasteiger partial charge in [0.05, 0.1) is 0 Å². The quantitative estimate of drug-likeness (QED) is 0.510. The van der Waals surface area contributed by atoms with E-state index in [0.717, 1.165) is 17.8 Å². The lowest BCUT2D eigenvalue weighted by Crippen LogP contribution is -2.15. The maximum Gasteiger partial charge on any atom is 0.149 e. The van der Waals surface area contributed by atoms with Crippen molar-refractivity contribution in [1.29, 1.82) is 0 Å². The van der Waals surface area contributed by atoms with Crippen molar-refractivity contribution in [3.05, 3.63) is 23.7 Å². The van der Waals surface area contributed by atoms with E-state index in [4.69, 9.17) is 0 Å². The summed E-state index contributed by atoms with van der Waals surface area (Å²) in [5, 5.41) is 5.94. The highest BCUT2D eigenvalue weighted by molar-refractivity contribution is 5.80. The van der Waals surface area contributed by atoms with E-state index in [9.17, 15) is 0 Å². The largest absolute Gasteiger partial charge is 0.237 e. The summed E-state index contributed by atoms with van der Waals surface area (Å²) in [7, 11) is 0. The summed E-state index contributed by atoms with van der Waals surface area (Å²) >= 11 is 0. The summed E-state index contributed by atoms with van der Waals surface area (Å²) in [5.74, 6) is 0.929. The van der Waals surface area contributed by atoms with Crippen molar-refractivity contribution in [3.8, 4) is 0 Å². The second-order valence-electron chi connectivity index (χ2n) is 2.57. The summed E-state index contributed by atoms with van der Waals surface area (Å²) in [4.78, 5) is 4.21. The van der Waals surface area contributed by atoms with Gasteiger partial charge >= 0.3 is 0 Å². The van der Waals surface area contributed by atoms with Gasteiger partial charge in [-0.2, -0.15) is 5.10 Å². The minimum Gasteiger partial charge on any atom is -0.237 e. The molecule has 0 saturated carbocycles. The van der Waals surface area contributed by atoms with Crippen LogP contribution in [0.25, 0.3) is 0 Å². The van der Waals surface area contributed by atoms with Crippen LogP contribution in [0.4, 0.5) is 0 Å². The van der Waals surface area contributed by atoms with Gasteiger partial charge in [0.15, 0.2) is 0 Å². The first-order valence-electron chi connectivity index (χ1n) is 3.60. The molecule has 0 amide bonds. The van der Waals surface area contributed by atoms with Crippen LogP contribution in [-0.2, 0) is 0 Å². The standard InChI is InChI=1S/C8H9N3/c1-7-5-9-8-3-2-4-10-11(8)6-7/h3-6H,2H2,1H3. The Labute approximate surface area is 65.4 Å². The van der Waals surface area contributed by atoms with Crippen LogP contribution < -0.4 is 0 Å². The molecule has 0 bridgehead atoms. The zero-order chi connectivity index (χ0) is 7.68. The van der Waals surface area contributed by atoms with E-state index in [0.29, 0.717) is 0 Å². The summed E-state index contributed by atoms with van der Waals surface area (Å²) in [5.41, 5.74) is 1.13. The lowest BCUT2D eigenvalue weighted by molar-refractivity contribution is 0.479. The smallest absolute Gasteiger partial charge is 0.149 e. The number of hydrazone groups is 1. The second-order valence-corrected chi connectivity index (χ2v) is 2.57. The molecule has 0 spiro atoms. The number of hydrogen-bond donors (Lipinski definition) is 0. The van der Waals surface area contributed by atoms with E-state index in [1.165, 1.54) is 0 Å². The van der Waals surface area contributed by atoms with Crippen molar-refractivity contribution >= 4 is 12.4 Å². The number of nitrogens with zero attached hydrogens (tertiary/aromatic N) is 3. The Hall–Kier alpha value is -1.38. The molecule has 0 saturated heterocycles. The van der Waals surface area contributed by atoms with Gasteiger partial charge in [-0.25, -0.2) is 10.0 Å². The molecule has 0 N–H and O–H groups in total. The summed E-state index contributed by atoms with van der Waals surface area (Å²) in [6.07, 6.45) is 8.62. The van der Waals surface area contributed by atoms with Crippen molar-refractivity contribution in [2.75, 3.05) is 0 Å². The summed E-state index contributed by atoms with van der Waals surface area (Å²) < 4.78 is 0. The molecule has 0 aromatic carbocycles. The van der Waals surface area contributed by atoms with Crippen LogP contribution in [0, 0.1) is 0 Å². The Balaban J connectivity index is 2.33. The zero-order valence-corrected chi connectivity index (χ0v) is 6.36. The maximum absolute atomic E-state index is 4.21. The van der Waals surface area contributed by atoms with Crippen LogP contribution in [0.2, 0.25) is 0 Å². The molecule has 2 aliphatic heterocycles. The van der Waals surface area contributed by atoms with Gasteiger partial charge in [0.25, 0.3) is 0 Å². The number of rotatable bonds is 0. The predicted molar refractivity (Wildman–Crippen MR) is 45.3 cm³/mol. The molecular weight excluding hydrogens is 138 g/mol. The first-order valence-corrected chi connectivity index (χ1v) is 3.60. The van der Waals surface area contributed by atoms with Crippen molar-refractivity contribution in [3.63, 3.8) is 0 Å². The van der Waals surface area contributed by atoms with E-state index in [1.807, 2.05) is 31.6 Å². The van der Waals surface area contributed by atoms with Crippen LogP contribution in [0.3, 0.4) is 0 Å². The van der Waals surface area contributed by atoms with Gasteiger partial charge in [-0.1, -0.05) is 0 Å². The van der Waals surface area contributed by atoms with Crippen molar-refractivity contribution in [1.82, 2.24) is 5.01 Å². The fourth-order valence-corrected chi connectivity index (χ4v) is 1.05. The Morgan fingerprint density at radius 3 is 3.36 bits per heavy atom. The van der Waals surface area contributed by atoms with E-state index < -0.39 is 0 Å². The highest BCUT2D eigenvalue weighted by Gasteiger charge is 2.09.